The number of benzene rings is 2. The summed E-state index contributed by atoms with van der Waals surface area (Å²) in [6, 6.07) is 18.9. The summed E-state index contributed by atoms with van der Waals surface area (Å²) in [6.45, 7) is 1.27. The number of urea groups is 1. The smallest absolute Gasteiger partial charge is 0.334 e. The molecule has 0 saturated carbocycles. The summed E-state index contributed by atoms with van der Waals surface area (Å²) in [5, 5.41) is 6.27. The number of carbonyl (C=O) groups excluding carboxylic acids is 3. The third-order valence-corrected chi connectivity index (χ3v) is 7.19. The van der Waals surface area contributed by atoms with Crippen LogP contribution in [0.1, 0.15) is 17.5 Å². The highest BCUT2D eigenvalue weighted by molar-refractivity contribution is 7.98. The molecule has 1 N–H and O–H groups in total. The zero-order valence-corrected chi connectivity index (χ0v) is 21.1. The lowest BCUT2D eigenvalue weighted by Crippen LogP contribution is -2.76. The van der Waals surface area contributed by atoms with Crippen LogP contribution in [0, 0.1) is 0 Å². The van der Waals surface area contributed by atoms with E-state index in [0.717, 1.165) is 23.3 Å². The molecule has 2 aromatic carbocycles. The number of amides is 4. The monoisotopic (exact) mass is 495 g/mol. The average molecular weight is 496 g/mol. The number of likely N-dealkylation sites (N-methyl/N-ethyl adjacent to an activating group) is 1. The highest BCUT2D eigenvalue weighted by Gasteiger charge is 2.50. The van der Waals surface area contributed by atoms with Gasteiger partial charge >= 0.3 is 6.03 Å². The minimum absolute atomic E-state index is 0.0335. The molecule has 2 atom stereocenters. The summed E-state index contributed by atoms with van der Waals surface area (Å²) in [5.74, 6) is 0.607. The maximum Gasteiger partial charge on any atom is 0.334 e. The first kappa shape index (κ1) is 25.1. The Bertz CT molecular complexity index is 1020. The van der Waals surface area contributed by atoms with Gasteiger partial charge < -0.3 is 15.1 Å². The van der Waals surface area contributed by atoms with Crippen LogP contribution in [0.4, 0.5) is 4.79 Å². The fourth-order valence-corrected chi connectivity index (χ4v) is 5.23. The summed E-state index contributed by atoms with van der Waals surface area (Å²) in [7, 11) is 1.75. The molecule has 9 heteroatoms. The lowest BCUT2D eigenvalue weighted by Gasteiger charge is -2.54. The highest BCUT2D eigenvalue weighted by atomic mass is 32.2. The molecular formula is C26H33N5O3S. The van der Waals surface area contributed by atoms with Crippen molar-refractivity contribution in [1.29, 1.82) is 0 Å². The van der Waals surface area contributed by atoms with Crippen molar-refractivity contribution in [1.82, 2.24) is 25.1 Å². The maximum atomic E-state index is 13.5. The van der Waals surface area contributed by atoms with Crippen molar-refractivity contribution in [3.8, 4) is 0 Å². The second kappa shape index (κ2) is 11.6. The second-order valence-corrected chi connectivity index (χ2v) is 9.89. The van der Waals surface area contributed by atoms with E-state index in [-0.39, 0.29) is 30.9 Å². The van der Waals surface area contributed by atoms with E-state index in [4.69, 9.17) is 0 Å². The van der Waals surface area contributed by atoms with Crippen LogP contribution in [-0.2, 0) is 22.6 Å². The Morgan fingerprint density at radius 3 is 2.34 bits per heavy atom. The van der Waals surface area contributed by atoms with Gasteiger partial charge in [0.25, 0.3) is 0 Å². The van der Waals surface area contributed by atoms with Crippen molar-refractivity contribution < 1.29 is 14.4 Å². The van der Waals surface area contributed by atoms with E-state index in [1.54, 1.807) is 33.7 Å². The van der Waals surface area contributed by atoms with E-state index in [1.165, 1.54) is 0 Å². The Balaban J connectivity index is 1.55. The van der Waals surface area contributed by atoms with Crippen LogP contribution >= 0.6 is 11.8 Å². The van der Waals surface area contributed by atoms with Crippen LogP contribution in [0.3, 0.4) is 0 Å². The Labute approximate surface area is 211 Å². The lowest BCUT2D eigenvalue weighted by molar-refractivity contribution is -0.187. The Morgan fingerprint density at radius 1 is 1.03 bits per heavy atom. The number of hydrogen-bond acceptors (Lipinski definition) is 5. The van der Waals surface area contributed by atoms with Crippen molar-refractivity contribution in [2.75, 3.05) is 38.7 Å². The van der Waals surface area contributed by atoms with E-state index in [2.05, 4.69) is 5.32 Å². The second-order valence-electron chi connectivity index (χ2n) is 8.90. The molecule has 2 heterocycles. The van der Waals surface area contributed by atoms with Crippen LogP contribution in [-0.4, -0.2) is 88.6 Å². The molecule has 0 aromatic heterocycles. The van der Waals surface area contributed by atoms with Crippen LogP contribution < -0.4 is 5.32 Å². The van der Waals surface area contributed by atoms with Crippen molar-refractivity contribution in [3.63, 3.8) is 0 Å². The number of nitrogens with zero attached hydrogens (tertiary/aromatic N) is 4. The normalized spacial score (nSPS) is 20.7. The van der Waals surface area contributed by atoms with Crippen molar-refractivity contribution in [2.45, 2.75) is 31.6 Å². The van der Waals surface area contributed by atoms with Gasteiger partial charge in [-0.25, -0.2) is 14.8 Å². The number of hydrogen-bond donors (Lipinski definition) is 1. The average Bonchev–Trinajstić information content (AvgIpc) is 2.87. The van der Waals surface area contributed by atoms with Crippen LogP contribution in [0.15, 0.2) is 60.7 Å². The topological polar surface area (TPSA) is 76.2 Å². The molecular weight excluding hydrogens is 462 g/mol. The molecule has 2 saturated heterocycles. The summed E-state index contributed by atoms with van der Waals surface area (Å²) in [5.41, 5.74) is 2.15. The molecule has 4 amide bonds. The molecule has 2 fully saturated rings. The quantitative estimate of drug-likeness (QED) is 0.609. The predicted octanol–water partition coefficient (Wildman–Crippen LogP) is 2.42. The van der Waals surface area contributed by atoms with Gasteiger partial charge in [0, 0.05) is 20.1 Å². The summed E-state index contributed by atoms with van der Waals surface area (Å²) >= 11 is 1.65. The molecule has 0 spiro atoms. The molecule has 2 aliphatic heterocycles. The number of fused-ring (bicyclic) bond motifs is 1. The minimum atomic E-state index is -0.567. The largest absolute Gasteiger partial charge is 0.337 e. The summed E-state index contributed by atoms with van der Waals surface area (Å²) < 4.78 is 0. The van der Waals surface area contributed by atoms with E-state index >= 15 is 0 Å². The number of piperazine rings is 1. The fraction of sp³-hybridized carbons (Fsp3) is 0.423. The third-order valence-electron chi connectivity index (χ3n) is 6.54. The van der Waals surface area contributed by atoms with Gasteiger partial charge in [-0.15, -0.1) is 0 Å². The van der Waals surface area contributed by atoms with Gasteiger partial charge in [0.05, 0.1) is 13.1 Å². The lowest BCUT2D eigenvalue weighted by atomic mass is 10.0. The van der Waals surface area contributed by atoms with Gasteiger partial charge in [-0.3, -0.25) is 9.59 Å². The maximum absolute atomic E-state index is 13.5. The first-order chi connectivity index (χ1) is 17.0. The van der Waals surface area contributed by atoms with Crippen LogP contribution in [0.5, 0.6) is 0 Å². The van der Waals surface area contributed by atoms with Crippen LogP contribution in [0.25, 0.3) is 0 Å². The molecule has 4 rings (SSSR count). The fourth-order valence-electron chi connectivity index (χ4n) is 4.78. The van der Waals surface area contributed by atoms with Crippen LogP contribution in [0.2, 0.25) is 0 Å². The molecule has 35 heavy (non-hydrogen) atoms. The molecule has 2 aromatic rings. The van der Waals surface area contributed by atoms with Crippen molar-refractivity contribution in [3.05, 3.63) is 71.8 Å². The van der Waals surface area contributed by atoms with Gasteiger partial charge in [-0.2, -0.15) is 11.8 Å². The van der Waals surface area contributed by atoms with Gasteiger partial charge in [-0.05, 0) is 36.0 Å². The zero-order chi connectivity index (χ0) is 24.8. The highest BCUT2D eigenvalue weighted by Crippen LogP contribution is 2.28. The van der Waals surface area contributed by atoms with E-state index in [0.29, 0.717) is 19.5 Å². The summed E-state index contributed by atoms with van der Waals surface area (Å²) in [4.78, 5) is 43.5. The Hall–Kier alpha value is -3.04. The summed E-state index contributed by atoms with van der Waals surface area (Å²) in [6.07, 6.45) is 2.73. The predicted molar refractivity (Wildman–Crippen MR) is 137 cm³/mol. The van der Waals surface area contributed by atoms with E-state index in [1.807, 2.05) is 71.8 Å². The van der Waals surface area contributed by atoms with Crippen molar-refractivity contribution in [2.24, 2.45) is 0 Å². The number of nitrogens with one attached hydrogen (secondary N) is 1. The van der Waals surface area contributed by atoms with E-state index in [9.17, 15) is 14.4 Å². The number of rotatable bonds is 8. The zero-order valence-electron chi connectivity index (χ0n) is 20.3. The Morgan fingerprint density at radius 2 is 1.69 bits per heavy atom. The van der Waals surface area contributed by atoms with Crippen molar-refractivity contribution >= 4 is 29.6 Å². The number of carbonyl (C=O) groups is 3. The SMILES string of the molecule is CSCC[C@H]1C(=O)N(CCc2ccccc2)C[C@H]2N1C(=O)CN(C)N2C(=O)NCc1ccccc1. The molecule has 186 valence electrons. The molecule has 0 radical (unpaired) electrons. The number of thioether (sulfide) groups is 1. The first-order valence-corrected chi connectivity index (χ1v) is 13.3. The molecule has 0 unspecified atom stereocenters. The van der Waals surface area contributed by atoms with Gasteiger partial charge in [0.15, 0.2) is 0 Å². The van der Waals surface area contributed by atoms with Gasteiger partial charge in [0.1, 0.15) is 12.2 Å². The Kier molecular flexibility index (Phi) is 8.30. The minimum Gasteiger partial charge on any atom is -0.337 e. The molecule has 2 aliphatic rings. The molecule has 0 bridgehead atoms. The molecule has 0 aliphatic carbocycles. The van der Waals surface area contributed by atoms with Gasteiger partial charge in [0.2, 0.25) is 11.8 Å². The standard InChI is InChI=1S/C26H33N5O3S/c1-28-19-24(32)30-22(14-16-35-2)25(33)29(15-13-20-9-5-3-6-10-20)18-23(30)31(28)26(34)27-17-21-11-7-4-8-12-21/h3-12,22-23H,13-19H2,1-2H3,(H,27,34)/t22-,23-/m0/s1. The molecule has 8 nitrogen and oxygen atoms in total. The van der Waals surface area contributed by atoms with E-state index < -0.39 is 12.2 Å². The first-order valence-electron chi connectivity index (χ1n) is 11.9. The third kappa shape index (κ3) is 5.79. The van der Waals surface area contributed by atoms with Gasteiger partial charge in [-0.1, -0.05) is 60.7 Å². The number of hydrazine groups is 1.